The van der Waals surface area contributed by atoms with Gasteiger partial charge in [-0.25, -0.2) is 0 Å². The summed E-state index contributed by atoms with van der Waals surface area (Å²) in [7, 11) is 0. The molecule has 0 saturated carbocycles. The summed E-state index contributed by atoms with van der Waals surface area (Å²) in [6.07, 6.45) is 1.68. The van der Waals surface area contributed by atoms with E-state index in [1.807, 2.05) is 84.9 Å². The summed E-state index contributed by atoms with van der Waals surface area (Å²) in [4.78, 5) is 4.56. The topological polar surface area (TPSA) is 57.3 Å². The van der Waals surface area contributed by atoms with Gasteiger partial charge in [0.2, 0.25) is 0 Å². The van der Waals surface area contributed by atoms with Gasteiger partial charge in [-0.05, 0) is 41.1 Å². The number of hydrogen-bond acceptors (Lipinski definition) is 4. The number of phenolic OH excluding ortho intramolecular Hbond substituents is 1. The van der Waals surface area contributed by atoms with Gasteiger partial charge in [-0.1, -0.05) is 60.7 Å². The Morgan fingerprint density at radius 1 is 0.630 bits per heavy atom. The molecule has 4 aromatic carbocycles. The molecule has 0 fully saturated rings. The van der Waals surface area contributed by atoms with E-state index < -0.39 is 0 Å². The van der Waals surface area contributed by atoms with Gasteiger partial charge in [0, 0.05) is 11.8 Å². The number of benzene rings is 4. The first-order valence-corrected chi connectivity index (χ1v) is 8.62. The lowest BCUT2D eigenvalue weighted by Crippen LogP contribution is -1.85. The summed E-state index contributed by atoms with van der Waals surface area (Å²) in [6, 6.07) is 28.6. The second kappa shape index (κ2) is 7.62. The molecular weight excluding hydrogens is 334 g/mol. The van der Waals surface area contributed by atoms with Crippen LogP contribution in [0.5, 0.6) is 5.75 Å². The second-order valence-corrected chi connectivity index (χ2v) is 6.00. The smallest absolute Gasteiger partial charge is 0.124 e. The van der Waals surface area contributed by atoms with E-state index in [1.165, 1.54) is 0 Å². The summed E-state index contributed by atoms with van der Waals surface area (Å²) in [5.41, 5.74) is 2.81. The van der Waals surface area contributed by atoms with Crippen molar-refractivity contribution >= 4 is 34.0 Å². The van der Waals surface area contributed by atoms with E-state index in [9.17, 15) is 5.11 Å². The van der Waals surface area contributed by atoms with Crippen molar-refractivity contribution in [2.75, 3.05) is 0 Å². The average Bonchev–Trinajstić information content (AvgIpc) is 2.73. The van der Waals surface area contributed by atoms with Crippen LogP contribution in [0.1, 0.15) is 5.56 Å². The third kappa shape index (κ3) is 3.75. The van der Waals surface area contributed by atoms with Gasteiger partial charge in [-0.2, -0.15) is 5.11 Å². The molecule has 4 rings (SSSR count). The van der Waals surface area contributed by atoms with Gasteiger partial charge in [0.15, 0.2) is 0 Å². The van der Waals surface area contributed by atoms with Gasteiger partial charge in [0.1, 0.15) is 11.4 Å². The van der Waals surface area contributed by atoms with Crippen molar-refractivity contribution in [3.05, 3.63) is 96.6 Å². The predicted molar refractivity (Wildman–Crippen MR) is 110 cm³/mol. The van der Waals surface area contributed by atoms with Crippen LogP contribution >= 0.6 is 0 Å². The van der Waals surface area contributed by atoms with Crippen molar-refractivity contribution in [2.45, 2.75) is 0 Å². The molecule has 4 nitrogen and oxygen atoms in total. The maximum absolute atomic E-state index is 10.3. The van der Waals surface area contributed by atoms with Crippen molar-refractivity contribution in [2.24, 2.45) is 15.2 Å². The van der Waals surface area contributed by atoms with Gasteiger partial charge >= 0.3 is 0 Å². The van der Waals surface area contributed by atoms with Crippen LogP contribution in [0.2, 0.25) is 0 Å². The van der Waals surface area contributed by atoms with Crippen LogP contribution in [0.3, 0.4) is 0 Å². The fraction of sp³-hybridized carbons (Fsp3) is 0. The maximum atomic E-state index is 10.3. The Balaban J connectivity index is 1.70. The zero-order valence-corrected chi connectivity index (χ0v) is 14.5. The van der Waals surface area contributed by atoms with Crippen molar-refractivity contribution in [3.8, 4) is 5.75 Å². The second-order valence-electron chi connectivity index (χ2n) is 6.00. The van der Waals surface area contributed by atoms with Crippen molar-refractivity contribution in [1.29, 1.82) is 0 Å². The van der Waals surface area contributed by atoms with E-state index in [1.54, 1.807) is 12.3 Å². The van der Waals surface area contributed by atoms with Crippen LogP contribution in [-0.2, 0) is 0 Å². The first-order chi connectivity index (χ1) is 13.3. The molecule has 0 aliphatic rings. The Morgan fingerprint density at radius 2 is 1.33 bits per heavy atom. The number of phenols is 1. The highest BCUT2D eigenvalue weighted by Gasteiger charge is 2.05. The van der Waals surface area contributed by atoms with Crippen LogP contribution in [0.15, 0.2) is 106 Å². The number of azo groups is 1. The van der Waals surface area contributed by atoms with Crippen LogP contribution in [-0.4, -0.2) is 11.3 Å². The first kappa shape index (κ1) is 16.7. The minimum Gasteiger partial charge on any atom is -0.507 e. The highest BCUT2D eigenvalue weighted by atomic mass is 16.3. The van der Waals surface area contributed by atoms with E-state index in [4.69, 9.17) is 0 Å². The molecule has 0 bridgehead atoms. The van der Waals surface area contributed by atoms with Gasteiger partial charge in [0.25, 0.3) is 0 Å². The Kier molecular flexibility index (Phi) is 4.70. The number of para-hydroxylation sites is 1. The van der Waals surface area contributed by atoms with Crippen molar-refractivity contribution < 1.29 is 5.11 Å². The zero-order chi connectivity index (χ0) is 18.5. The lowest BCUT2D eigenvalue weighted by atomic mass is 10.0. The Bertz CT molecular complexity index is 1130. The zero-order valence-electron chi connectivity index (χ0n) is 14.5. The molecule has 0 radical (unpaired) electrons. The Morgan fingerprint density at radius 3 is 2.19 bits per heavy atom. The number of hydrogen-bond donors (Lipinski definition) is 1. The molecule has 4 heteroatoms. The summed E-state index contributed by atoms with van der Waals surface area (Å²) in [5, 5.41) is 20.9. The Labute approximate surface area is 157 Å². The molecule has 1 N–H and O–H groups in total. The standard InChI is InChI=1S/C23H17N3O/c27-23-15-14-17-8-4-5-11-19(17)20(23)16-24-21-12-6-7-13-22(21)26-25-18-9-2-1-3-10-18/h1-16,27H. The normalized spacial score (nSPS) is 11.6. The largest absolute Gasteiger partial charge is 0.507 e. The number of rotatable bonds is 4. The average molecular weight is 351 g/mol. The van der Waals surface area contributed by atoms with E-state index in [0.29, 0.717) is 16.9 Å². The summed E-state index contributed by atoms with van der Waals surface area (Å²) >= 11 is 0. The van der Waals surface area contributed by atoms with Crippen LogP contribution in [0.25, 0.3) is 10.8 Å². The maximum Gasteiger partial charge on any atom is 0.124 e. The quantitative estimate of drug-likeness (QED) is 0.322. The van der Waals surface area contributed by atoms with E-state index in [0.717, 1.165) is 16.5 Å². The number of nitrogens with zero attached hydrogens (tertiary/aromatic N) is 3. The van der Waals surface area contributed by atoms with Crippen LogP contribution < -0.4 is 0 Å². The van der Waals surface area contributed by atoms with E-state index in [-0.39, 0.29) is 5.75 Å². The van der Waals surface area contributed by atoms with Gasteiger partial charge in [-0.15, -0.1) is 5.11 Å². The number of aliphatic imine (C=N–C) groups is 1. The molecule has 0 aliphatic heterocycles. The van der Waals surface area contributed by atoms with E-state index >= 15 is 0 Å². The third-order valence-corrected chi connectivity index (χ3v) is 4.19. The summed E-state index contributed by atoms with van der Waals surface area (Å²) < 4.78 is 0. The lowest BCUT2D eigenvalue weighted by Gasteiger charge is -2.05. The number of fused-ring (bicyclic) bond motifs is 1. The highest BCUT2D eigenvalue weighted by Crippen LogP contribution is 2.31. The Hall–Kier alpha value is -3.79. The van der Waals surface area contributed by atoms with Crippen LogP contribution in [0.4, 0.5) is 17.1 Å². The molecule has 27 heavy (non-hydrogen) atoms. The highest BCUT2D eigenvalue weighted by molar-refractivity contribution is 6.03. The molecule has 0 unspecified atom stereocenters. The fourth-order valence-electron chi connectivity index (χ4n) is 2.82. The molecule has 4 aromatic rings. The molecule has 0 aliphatic carbocycles. The molecule has 130 valence electrons. The summed E-state index contributed by atoms with van der Waals surface area (Å²) in [6.45, 7) is 0. The molecule has 0 saturated heterocycles. The minimum absolute atomic E-state index is 0.195. The van der Waals surface area contributed by atoms with Gasteiger partial charge in [-0.3, -0.25) is 4.99 Å². The van der Waals surface area contributed by atoms with E-state index in [2.05, 4.69) is 15.2 Å². The predicted octanol–water partition coefficient (Wildman–Crippen LogP) is 6.71. The molecular formula is C23H17N3O. The third-order valence-electron chi connectivity index (χ3n) is 4.19. The molecule has 0 spiro atoms. The van der Waals surface area contributed by atoms with Crippen LogP contribution in [0, 0.1) is 0 Å². The van der Waals surface area contributed by atoms with Gasteiger partial charge in [0.05, 0.1) is 11.4 Å². The van der Waals surface area contributed by atoms with Crippen molar-refractivity contribution in [3.63, 3.8) is 0 Å². The van der Waals surface area contributed by atoms with Gasteiger partial charge < -0.3 is 5.11 Å². The molecule has 0 heterocycles. The monoisotopic (exact) mass is 351 g/mol. The molecule has 0 atom stereocenters. The SMILES string of the molecule is Oc1ccc2ccccc2c1C=Nc1ccccc1N=Nc1ccccc1. The minimum atomic E-state index is 0.195. The number of aromatic hydroxyl groups is 1. The van der Waals surface area contributed by atoms with Crippen molar-refractivity contribution in [1.82, 2.24) is 0 Å². The lowest BCUT2D eigenvalue weighted by molar-refractivity contribution is 0.475. The molecule has 0 amide bonds. The fourth-order valence-corrected chi connectivity index (χ4v) is 2.82. The molecule has 0 aromatic heterocycles. The summed E-state index contributed by atoms with van der Waals surface area (Å²) in [5.74, 6) is 0.195. The first-order valence-electron chi connectivity index (χ1n) is 8.62.